The number of benzene rings is 1. The van der Waals surface area contributed by atoms with Crippen molar-refractivity contribution in [3.63, 3.8) is 0 Å². The Morgan fingerprint density at radius 2 is 1.96 bits per heavy atom. The van der Waals surface area contributed by atoms with Gasteiger partial charge < -0.3 is 20.9 Å². The minimum atomic E-state index is -0.494. The zero-order chi connectivity index (χ0) is 17.7. The molecule has 1 saturated heterocycles. The van der Waals surface area contributed by atoms with Gasteiger partial charge in [-0.25, -0.2) is 0 Å². The summed E-state index contributed by atoms with van der Waals surface area (Å²) in [6.45, 7) is 4.18. The van der Waals surface area contributed by atoms with Gasteiger partial charge in [-0.2, -0.15) is 0 Å². The molecule has 0 spiro atoms. The second kappa shape index (κ2) is 7.73. The first kappa shape index (κ1) is 17.7. The zero-order valence-electron chi connectivity index (χ0n) is 13.5. The number of piperazine rings is 1. The van der Waals surface area contributed by atoms with Crippen LogP contribution in [-0.4, -0.2) is 60.9 Å². The molecule has 0 bridgehead atoms. The standard InChI is InChI=1S/C15H21N5O4/c1-11(21)18-6-8-19(9-7-18)13-3-2-12(10-14(13)20(23)24)15(22)17-5-4-16/h2-3,10H,4-9,16H2,1H3,(H,17,22). The molecule has 9 nitrogen and oxygen atoms in total. The van der Waals surface area contributed by atoms with Gasteiger partial charge in [0.15, 0.2) is 0 Å². The van der Waals surface area contributed by atoms with Crippen LogP contribution in [0.4, 0.5) is 11.4 Å². The third-order valence-electron chi connectivity index (χ3n) is 3.93. The second-order valence-electron chi connectivity index (χ2n) is 5.50. The SMILES string of the molecule is CC(=O)N1CCN(c2ccc(C(=O)NCCN)cc2[N+](=O)[O-])CC1. The smallest absolute Gasteiger partial charge is 0.293 e. The average molecular weight is 335 g/mol. The molecular weight excluding hydrogens is 314 g/mol. The van der Waals surface area contributed by atoms with E-state index in [1.807, 2.05) is 4.90 Å². The molecule has 1 aliphatic rings. The normalized spacial score (nSPS) is 14.4. The highest BCUT2D eigenvalue weighted by molar-refractivity contribution is 5.95. The number of nitrogens with one attached hydrogen (secondary N) is 1. The summed E-state index contributed by atoms with van der Waals surface area (Å²) in [5.74, 6) is -0.396. The number of nitro groups is 1. The van der Waals surface area contributed by atoms with Gasteiger partial charge in [0.05, 0.1) is 4.92 Å². The molecule has 0 aromatic heterocycles. The van der Waals surface area contributed by atoms with Gasteiger partial charge in [0, 0.05) is 57.8 Å². The Morgan fingerprint density at radius 1 is 1.29 bits per heavy atom. The molecule has 9 heteroatoms. The van der Waals surface area contributed by atoms with Crippen LogP contribution in [0.5, 0.6) is 0 Å². The summed E-state index contributed by atoms with van der Waals surface area (Å²) in [4.78, 5) is 37.8. The average Bonchev–Trinajstić information content (AvgIpc) is 2.59. The number of amides is 2. The number of rotatable bonds is 5. The number of hydrogen-bond donors (Lipinski definition) is 2. The Labute approximate surface area is 139 Å². The summed E-state index contributed by atoms with van der Waals surface area (Å²) in [6.07, 6.45) is 0. The van der Waals surface area contributed by atoms with E-state index in [0.717, 1.165) is 0 Å². The fourth-order valence-corrected chi connectivity index (χ4v) is 2.63. The highest BCUT2D eigenvalue weighted by Crippen LogP contribution is 2.30. The van der Waals surface area contributed by atoms with Crippen molar-refractivity contribution in [2.24, 2.45) is 5.73 Å². The Hall–Kier alpha value is -2.68. The Kier molecular flexibility index (Phi) is 5.69. The molecule has 1 aliphatic heterocycles. The monoisotopic (exact) mass is 335 g/mol. The van der Waals surface area contributed by atoms with Gasteiger partial charge >= 0.3 is 0 Å². The van der Waals surface area contributed by atoms with Crippen LogP contribution in [0.2, 0.25) is 0 Å². The first-order valence-corrected chi connectivity index (χ1v) is 7.71. The summed E-state index contributed by atoms with van der Waals surface area (Å²) in [6, 6.07) is 4.42. The molecule has 0 atom stereocenters. The molecule has 1 fully saturated rings. The van der Waals surface area contributed by atoms with Crippen molar-refractivity contribution < 1.29 is 14.5 Å². The molecule has 0 saturated carbocycles. The Morgan fingerprint density at radius 3 is 2.50 bits per heavy atom. The molecule has 2 amide bonds. The van der Waals surface area contributed by atoms with Crippen molar-refractivity contribution in [3.8, 4) is 0 Å². The Bertz CT molecular complexity index is 641. The molecule has 130 valence electrons. The Balaban J connectivity index is 2.20. The predicted molar refractivity (Wildman–Crippen MR) is 89.0 cm³/mol. The highest BCUT2D eigenvalue weighted by Gasteiger charge is 2.25. The zero-order valence-corrected chi connectivity index (χ0v) is 13.5. The van der Waals surface area contributed by atoms with E-state index >= 15 is 0 Å². The van der Waals surface area contributed by atoms with Crippen LogP contribution in [0.25, 0.3) is 0 Å². The lowest BCUT2D eigenvalue weighted by Gasteiger charge is -2.35. The van der Waals surface area contributed by atoms with E-state index in [0.29, 0.717) is 45.0 Å². The first-order chi connectivity index (χ1) is 11.4. The number of anilines is 1. The van der Waals surface area contributed by atoms with Crippen molar-refractivity contribution in [1.82, 2.24) is 10.2 Å². The number of carbonyl (C=O) groups excluding carboxylic acids is 2. The summed E-state index contributed by atoms with van der Waals surface area (Å²) in [7, 11) is 0. The van der Waals surface area contributed by atoms with E-state index in [4.69, 9.17) is 5.73 Å². The van der Waals surface area contributed by atoms with Crippen LogP contribution in [0.15, 0.2) is 18.2 Å². The third kappa shape index (κ3) is 3.99. The van der Waals surface area contributed by atoms with Crippen molar-refractivity contribution >= 4 is 23.2 Å². The molecule has 24 heavy (non-hydrogen) atoms. The molecule has 2 rings (SSSR count). The van der Waals surface area contributed by atoms with Crippen LogP contribution in [-0.2, 0) is 4.79 Å². The summed E-state index contributed by atoms with van der Waals surface area (Å²) in [5.41, 5.74) is 5.89. The summed E-state index contributed by atoms with van der Waals surface area (Å²) in [5, 5.41) is 14.0. The first-order valence-electron chi connectivity index (χ1n) is 7.71. The van der Waals surface area contributed by atoms with Gasteiger partial charge in [-0.3, -0.25) is 19.7 Å². The molecule has 3 N–H and O–H groups in total. The van der Waals surface area contributed by atoms with Crippen molar-refractivity contribution in [2.45, 2.75) is 6.92 Å². The molecule has 1 aromatic rings. The van der Waals surface area contributed by atoms with Gasteiger partial charge in [-0.05, 0) is 12.1 Å². The topological polar surface area (TPSA) is 122 Å². The maximum absolute atomic E-state index is 11.9. The maximum Gasteiger partial charge on any atom is 0.293 e. The fraction of sp³-hybridized carbons (Fsp3) is 0.467. The number of nitro benzene ring substituents is 1. The summed E-state index contributed by atoms with van der Waals surface area (Å²) >= 11 is 0. The maximum atomic E-state index is 11.9. The lowest BCUT2D eigenvalue weighted by molar-refractivity contribution is -0.384. The van der Waals surface area contributed by atoms with Crippen LogP contribution in [0.1, 0.15) is 17.3 Å². The predicted octanol–water partition coefficient (Wildman–Crippen LogP) is -0.0482. The fourth-order valence-electron chi connectivity index (χ4n) is 2.63. The van der Waals surface area contributed by atoms with Crippen molar-refractivity contribution in [3.05, 3.63) is 33.9 Å². The third-order valence-corrected chi connectivity index (χ3v) is 3.93. The highest BCUT2D eigenvalue weighted by atomic mass is 16.6. The second-order valence-corrected chi connectivity index (χ2v) is 5.50. The lowest BCUT2D eigenvalue weighted by atomic mass is 10.1. The molecule has 0 radical (unpaired) electrons. The van der Waals surface area contributed by atoms with Crippen molar-refractivity contribution in [1.29, 1.82) is 0 Å². The minimum absolute atomic E-state index is 0.00364. The lowest BCUT2D eigenvalue weighted by Crippen LogP contribution is -2.48. The number of nitrogens with two attached hydrogens (primary N) is 1. The van der Waals surface area contributed by atoms with Gasteiger partial charge in [-0.1, -0.05) is 0 Å². The molecule has 1 aromatic carbocycles. The summed E-state index contributed by atoms with van der Waals surface area (Å²) < 4.78 is 0. The molecule has 0 unspecified atom stereocenters. The quantitative estimate of drug-likeness (QED) is 0.575. The van der Waals surface area contributed by atoms with E-state index < -0.39 is 10.8 Å². The van der Waals surface area contributed by atoms with E-state index in [1.165, 1.54) is 13.0 Å². The minimum Gasteiger partial charge on any atom is -0.362 e. The van der Waals surface area contributed by atoms with Crippen LogP contribution >= 0.6 is 0 Å². The number of carbonyl (C=O) groups is 2. The molecule has 1 heterocycles. The van der Waals surface area contributed by atoms with Crippen molar-refractivity contribution in [2.75, 3.05) is 44.2 Å². The van der Waals surface area contributed by atoms with E-state index in [-0.39, 0.29) is 17.2 Å². The molecular formula is C15H21N5O4. The van der Waals surface area contributed by atoms with Crippen LogP contribution < -0.4 is 16.0 Å². The molecule has 0 aliphatic carbocycles. The van der Waals surface area contributed by atoms with E-state index in [9.17, 15) is 19.7 Å². The van der Waals surface area contributed by atoms with Gasteiger partial charge in [-0.15, -0.1) is 0 Å². The van der Waals surface area contributed by atoms with Crippen LogP contribution in [0, 0.1) is 10.1 Å². The number of nitrogens with zero attached hydrogens (tertiary/aromatic N) is 3. The largest absolute Gasteiger partial charge is 0.362 e. The number of hydrogen-bond acceptors (Lipinski definition) is 6. The van der Waals surface area contributed by atoms with E-state index in [2.05, 4.69) is 5.32 Å². The van der Waals surface area contributed by atoms with E-state index in [1.54, 1.807) is 17.0 Å². The van der Waals surface area contributed by atoms with Gasteiger partial charge in [0.25, 0.3) is 11.6 Å². The van der Waals surface area contributed by atoms with Crippen LogP contribution in [0.3, 0.4) is 0 Å². The van der Waals surface area contributed by atoms with Gasteiger partial charge in [0.2, 0.25) is 5.91 Å². The van der Waals surface area contributed by atoms with Gasteiger partial charge in [0.1, 0.15) is 5.69 Å².